The molecule has 0 radical (unpaired) electrons. The van der Waals surface area contributed by atoms with Crippen LogP contribution >= 0.6 is 0 Å². The number of hydrogen-bond acceptors (Lipinski definition) is 4. The number of nitrogens with zero attached hydrogens (tertiary/aromatic N) is 3. The third-order valence-corrected chi connectivity index (χ3v) is 6.71. The van der Waals surface area contributed by atoms with Crippen LogP contribution in [0.4, 0.5) is 4.39 Å². The minimum Gasteiger partial charge on any atom is -0.342 e. The van der Waals surface area contributed by atoms with Gasteiger partial charge in [-0.05, 0) is 30.5 Å². The summed E-state index contributed by atoms with van der Waals surface area (Å²) in [7, 11) is 0. The van der Waals surface area contributed by atoms with Gasteiger partial charge in [-0.3, -0.25) is 9.59 Å². The summed E-state index contributed by atoms with van der Waals surface area (Å²) in [6.07, 6.45) is 2.19. The Bertz CT molecular complexity index is 1070. The number of nitriles is 1. The van der Waals surface area contributed by atoms with Crippen LogP contribution in [0.2, 0.25) is 0 Å². The first kappa shape index (κ1) is 19.7. The molecule has 2 atom stereocenters. The van der Waals surface area contributed by atoms with Crippen LogP contribution in [0.1, 0.15) is 53.2 Å². The molecular weight excluding hydrogens is 397 g/mol. The highest BCUT2D eigenvalue weighted by Crippen LogP contribution is 2.47. The zero-order valence-electron chi connectivity index (χ0n) is 17.0. The maximum atomic E-state index is 14.4. The molecule has 3 aliphatic rings. The molecule has 7 heteroatoms. The van der Waals surface area contributed by atoms with Crippen molar-refractivity contribution in [3.63, 3.8) is 0 Å². The maximum absolute atomic E-state index is 14.4. The van der Waals surface area contributed by atoms with Gasteiger partial charge in [-0.1, -0.05) is 36.4 Å². The lowest BCUT2D eigenvalue weighted by Crippen LogP contribution is -2.51. The minimum absolute atomic E-state index is 0.00592. The molecule has 3 fully saturated rings. The topological polar surface area (TPSA) is 73.6 Å². The summed E-state index contributed by atoms with van der Waals surface area (Å²) in [5, 5.41) is 9.01. The van der Waals surface area contributed by atoms with Crippen molar-refractivity contribution in [3.05, 3.63) is 71.0 Å². The van der Waals surface area contributed by atoms with E-state index in [2.05, 4.69) is 0 Å². The van der Waals surface area contributed by atoms with Crippen LogP contribution in [-0.2, 0) is 9.53 Å². The van der Waals surface area contributed by atoms with Gasteiger partial charge in [0.2, 0.25) is 0 Å². The van der Waals surface area contributed by atoms with Crippen LogP contribution in [0.25, 0.3) is 0 Å². The van der Waals surface area contributed by atoms with Crippen molar-refractivity contribution < 1.29 is 18.7 Å². The third-order valence-electron chi connectivity index (χ3n) is 6.71. The molecule has 31 heavy (non-hydrogen) atoms. The minimum atomic E-state index is -0.915. The molecule has 0 unspecified atom stereocenters. The first-order valence-electron chi connectivity index (χ1n) is 10.6. The predicted molar refractivity (Wildman–Crippen MR) is 109 cm³/mol. The summed E-state index contributed by atoms with van der Waals surface area (Å²) in [6, 6.07) is 16.0. The number of ether oxygens (including phenoxy) is 1. The van der Waals surface area contributed by atoms with Gasteiger partial charge in [0.15, 0.2) is 11.4 Å². The van der Waals surface area contributed by atoms with Gasteiger partial charge in [-0.15, -0.1) is 0 Å². The molecule has 158 valence electrons. The monoisotopic (exact) mass is 419 g/mol. The average molecular weight is 419 g/mol. The smallest absolute Gasteiger partial charge is 0.257 e. The first-order chi connectivity index (χ1) is 15.0. The summed E-state index contributed by atoms with van der Waals surface area (Å²) < 4.78 is 20.7. The predicted octanol–water partition coefficient (Wildman–Crippen LogP) is 3.39. The van der Waals surface area contributed by atoms with Crippen molar-refractivity contribution in [3.8, 4) is 6.07 Å². The fourth-order valence-corrected chi connectivity index (χ4v) is 5.07. The van der Waals surface area contributed by atoms with Crippen LogP contribution in [-0.4, -0.2) is 46.5 Å². The number of amides is 2. The van der Waals surface area contributed by atoms with Crippen LogP contribution in [0.15, 0.2) is 48.5 Å². The normalized spacial score (nSPS) is 24.3. The zero-order chi connectivity index (χ0) is 21.6. The highest BCUT2D eigenvalue weighted by atomic mass is 19.1. The summed E-state index contributed by atoms with van der Waals surface area (Å²) in [5.41, 5.74) is -0.0683. The molecule has 3 aliphatic heterocycles. The molecule has 0 saturated carbocycles. The molecule has 0 N–H and O–H groups in total. The van der Waals surface area contributed by atoms with Gasteiger partial charge >= 0.3 is 0 Å². The molecule has 0 aromatic heterocycles. The van der Waals surface area contributed by atoms with E-state index in [1.807, 2.05) is 35.2 Å². The molecule has 0 aliphatic carbocycles. The highest BCUT2D eigenvalue weighted by molar-refractivity contribution is 5.95. The summed E-state index contributed by atoms with van der Waals surface area (Å²) in [5.74, 6) is -1.26. The number of likely N-dealkylation sites (tertiary alicyclic amines) is 1. The Balaban J connectivity index is 1.31. The van der Waals surface area contributed by atoms with Crippen molar-refractivity contribution in [2.24, 2.45) is 0 Å². The molecule has 3 heterocycles. The number of piperidine rings is 1. The third kappa shape index (κ3) is 3.10. The largest absolute Gasteiger partial charge is 0.342 e. The molecule has 3 saturated heterocycles. The second-order valence-corrected chi connectivity index (χ2v) is 8.35. The zero-order valence-corrected chi connectivity index (χ0v) is 17.0. The molecule has 2 aromatic carbocycles. The molecule has 1 spiro atoms. The van der Waals surface area contributed by atoms with E-state index in [-0.39, 0.29) is 29.3 Å². The summed E-state index contributed by atoms with van der Waals surface area (Å²) >= 11 is 0. The summed E-state index contributed by atoms with van der Waals surface area (Å²) in [4.78, 5) is 29.7. The Morgan fingerprint density at radius 2 is 1.84 bits per heavy atom. The standard InChI is InChI=1S/C24H22FN3O3/c25-21-17(15-26)7-4-8-18(21)22(29)27-13-11-24(12-14-27)23(30)28-19(9-10-20(28)31-24)16-5-2-1-3-6-16/h1-8,19-20H,9-14H2/t19-,20+/m0/s1. The maximum Gasteiger partial charge on any atom is 0.257 e. The fourth-order valence-electron chi connectivity index (χ4n) is 5.07. The molecule has 5 rings (SSSR count). The first-order valence-corrected chi connectivity index (χ1v) is 10.6. The van der Waals surface area contributed by atoms with E-state index in [4.69, 9.17) is 10.00 Å². The van der Waals surface area contributed by atoms with Gasteiger partial charge in [-0.2, -0.15) is 5.26 Å². The van der Waals surface area contributed by atoms with E-state index in [0.717, 1.165) is 18.4 Å². The lowest BCUT2D eigenvalue weighted by Gasteiger charge is -2.37. The second-order valence-electron chi connectivity index (χ2n) is 8.35. The number of rotatable bonds is 2. The quantitative estimate of drug-likeness (QED) is 0.748. The lowest BCUT2D eigenvalue weighted by molar-refractivity contribution is -0.142. The van der Waals surface area contributed by atoms with E-state index in [0.29, 0.717) is 25.9 Å². The van der Waals surface area contributed by atoms with E-state index >= 15 is 0 Å². The van der Waals surface area contributed by atoms with E-state index in [1.54, 1.807) is 11.0 Å². The number of benzene rings is 2. The van der Waals surface area contributed by atoms with Crippen molar-refractivity contribution in [2.75, 3.05) is 13.1 Å². The summed E-state index contributed by atoms with van der Waals surface area (Å²) in [6.45, 7) is 0.606. The van der Waals surface area contributed by atoms with Crippen LogP contribution in [0.5, 0.6) is 0 Å². The van der Waals surface area contributed by atoms with Crippen molar-refractivity contribution in [1.82, 2.24) is 9.80 Å². The number of fused-ring (bicyclic) bond motifs is 1. The Kier molecular flexibility index (Phi) is 4.75. The van der Waals surface area contributed by atoms with E-state index in [1.165, 1.54) is 18.2 Å². The van der Waals surface area contributed by atoms with Gasteiger partial charge in [-0.25, -0.2) is 4.39 Å². The Labute approximate surface area is 179 Å². The Morgan fingerprint density at radius 1 is 1.10 bits per heavy atom. The van der Waals surface area contributed by atoms with Crippen LogP contribution in [0, 0.1) is 17.1 Å². The lowest BCUT2D eigenvalue weighted by atomic mass is 9.89. The van der Waals surface area contributed by atoms with Gasteiger partial charge in [0.25, 0.3) is 11.8 Å². The average Bonchev–Trinajstić information content (AvgIpc) is 3.33. The second kappa shape index (κ2) is 7.47. The Hall–Kier alpha value is -3.24. The molecular formula is C24H22FN3O3. The van der Waals surface area contributed by atoms with Crippen LogP contribution < -0.4 is 0 Å². The van der Waals surface area contributed by atoms with E-state index in [9.17, 15) is 14.0 Å². The van der Waals surface area contributed by atoms with Gasteiger partial charge in [0.1, 0.15) is 12.3 Å². The molecule has 0 bridgehead atoms. The number of carbonyl (C=O) groups excluding carboxylic acids is 2. The molecule has 2 aromatic rings. The number of halogens is 1. The highest BCUT2D eigenvalue weighted by Gasteiger charge is 2.58. The Morgan fingerprint density at radius 3 is 2.55 bits per heavy atom. The fraction of sp³-hybridized carbons (Fsp3) is 0.375. The van der Waals surface area contributed by atoms with Gasteiger partial charge in [0, 0.05) is 25.9 Å². The van der Waals surface area contributed by atoms with Gasteiger partial charge < -0.3 is 14.5 Å². The SMILES string of the molecule is N#Cc1cccc(C(=O)N2CCC3(CC2)O[C@@H]2CC[C@@H](c4ccccc4)N2C3=O)c1F. The van der Waals surface area contributed by atoms with Gasteiger partial charge in [0.05, 0.1) is 17.2 Å². The van der Waals surface area contributed by atoms with Crippen molar-refractivity contribution in [2.45, 2.75) is 43.6 Å². The molecule has 2 amide bonds. The van der Waals surface area contributed by atoms with Crippen molar-refractivity contribution >= 4 is 11.8 Å². The molecule has 6 nitrogen and oxygen atoms in total. The van der Waals surface area contributed by atoms with E-state index < -0.39 is 17.3 Å². The van der Waals surface area contributed by atoms with Crippen molar-refractivity contribution in [1.29, 1.82) is 5.26 Å². The number of hydrogen-bond donors (Lipinski definition) is 0. The van der Waals surface area contributed by atoms with Crippen LogP contribution in [0.3, 0.4) is 0 Å². The number of carbonyl (C=O) groups is 2.